The highest BCUT2D eigenvalue weighted by molar-refractivity contribution is 9.10. The van der Waals surface area contributed by atoms with Gasteiger partial charge >= 0.3 is 0 Å². The van der Waals surface area contributed by atoms with Gasteiger partial charge in [0.25, 0.3) is 0 Å². The Labute approximate surface area is 153 Å². The minimum absolute atomic E-state index is 0.0380. The maximum absolute atomic E-state index is 12.2. The Balaban J connectivity index is 1.66. The molecule has 0 radical (unpaired) electrons. The molecule has 0 saturated carbocycles. The third-order valence-electron chi connectivity index (χ3n) is 3.60. The zero-order chi connectivity index (χ0) is 16.9. The molecule has 1 heterocycles. The third-order valence-corrected chi connectivity index (χ3v) is 5.17. The van der Waals surface area contributed by atoms with Crippen molar-refractivity contribution >= 4 is 38.3 Å². The van der Waals surface area contributed by atoms with Gasteiger partial charge in [-0.2, -0.15) is 0 Å². The van der Waals surface area contributed by atoms with Gasteiger partial charge in [-0.1, -0.05) is 58.4 Å². The van der Waals surface area contributed by atoms with Gasteiger partial charge in [0.1, 0.15) is 0 Å². The Morgan fingerprint density at radius 3 is 2.62 bits per heavy atom. The lowest BCUT2D eigenvalue weighted by Gasteiger charge is -2.01. The molecule has 0 aliphatic rings. The number of amides is 1. The van der Waals surface area contributed by atoms with Crippen LogP contribution >= 0.6 is 27.3 Å². The molecule has 3 rings (SSSR count). The number of carbonyl (C=O) groups excluding carboxylic acids is 1. The lowest BCUT2D eigenvalue weighted by molar-refractivity contribution is -0.115. The van der Waals surface area contributed by atoms with Gasteiger partial charge in [-0.05, 0) is 30.2 Å². The van der Waals surface area contributed by atoms with E-state index in [2.05, 4.69) is 38.4 Å². The van der Waals surface area contributed by atoms with Crippen LogP contribution in [0.4, 0.5) is 5.13 Å². The van der Waals surface area contributed by atoms with Gasteiger partial charge in [-0.15, -0.1) is 11.3 Å². The van der Waals surface area contributed by atoms with Crippen molar-refractivity contribution in [3.63, 3.8) is 0 Å². The molecule has 3 nitrogen and oxygen atoms in total. The first-order valence-corrected chi connectivity index (χ1v) is 9.25. The van der Waals surface area contributed by atoms with Crippen LogP contribution in [0.2, 0.25) is 0 Å². The molecule has 1 N–H and O–H groups in total. The van der Waals surface area contributed by atoms with E-state index < -0.39 is 0 Å². The van der Waals surface area contributed by atoms with Crippen molar-refractivity contribution in [3.8, 4) is 0 Å². The van der Waals surface area contributed by atoms with Crippen molar-refractivity contribution < 1.29 is 4.79 Å². The Hall–Kier alpha value is -1.98. The van der Waals surface area contributed by atoms with Gasteiger partial charge in [0, 0.05) is 15.8 Å². The molecule has 2 aromatic carbocycles. The summed E-state index contributed by atoms with van der Waals surface area (Å²) in [5.74, 6) is -0.0380. The summed E-state index contributed by atoms with van der Waals surface area (Å²) in [6.45, 7) is 1.98. The lowest BCUT2D eigenvalue weighted by atomic mass is 10.1. The monoisotopic (exact) mass is 400 g/mol. The summed E-state index contributed by atoms with van der Waals surface area (Å²) >= 11 is 5.03. The van der Waals surface area contributed by atoms with Crippen LogP contribution in [-0.2, 0) is 17.6 Å². The smallest absolute Gasteiger partial charge is 0.230 e. The summed E-state index contributed by atoms with van der Waals surface area (Å²) in [6.07, 6.45) is 1.18. The van der Waals surface area contributed by atoms with E-state index in [1.807, 2.05) is 49.4 Å². The molecule has 0 atom stereocenters. The standard InChI is InChI=1S/C19H17BrN2OS/c1-13-17(11-15-8-5-9-16(20)10-15)24-19(21-13)22-18(23)12-14-6-3-2-4-7-14/h2-10H,11-12H2,1H3,(H,21,22,23). The number of halogens is 1. The van der Waals surface area contributed by atoms with Gasteiger partial charge in [-0.3, -0.25) is 4.79 Å². The third kappa shape index (κ3) is 4.52. The molecule has 1 aromatic heterocycles. The van der Waals surface area contributed by atoms with Gasteiger partial charge in [0.15, 0.2) is 5.13 Å². The average molecular weight is 401 g/mol. The Morgan fingerprint density at radius 2 is 1.88 bits per heavy atom. The second kappa shape index (κ2) is 7.73. The first kappa shape index (κ1) is 16.9. The van der Waals surface area contributed by atoms with Gasteiger partial charge in [-0.25, -0.2) is 4.98 Å². The number of benzene rings is 2. The predicted molar refractivity (Wildman–Crippen MR) is 103 cm³/mol. The average Bonchev–Trinajstić information content (AvgIpc) is 2.87. The molecule has 0 aliphatic heterocycles. The second-order valence-electron chi connectivity index (χ2n) is 5.54. The zero-order valence-corrected chi connectivity index (χ0v) is 15.7. The number of anilines is 1. The van der Waals surface area contributed by atoms with Crippen LogP contribution in [0.1, 0.15) is 21.7 Å². The number of hydrogen-bond acceptors (Lipinski definition) is 3. The fourth-order valence-electron chi connectivity index (χ4n) is 2.42. The van der Waals surface area contributed by atoms with Crippen molar-refractivity contribution in [3.05, 3.63) is 80.8 Å². The van der Waals surface area contributed by atoms with E-state index in [9.17, 15) is 4.79 Å². The van der Waals surface area contributed by atoms with Crippen LogP contribution in [-0.4, -0.2) is 10.9 Å². The molecule has 0 saturated heterocycles. The number of aromatic nitrogens is 1. The molecule has 0 fully saturated rings. The molecule has 1 amide bonds. The molecule has 0 spiro atoms. The predicted octanol–water partition coefficient (Wildman–Crippen LogP) is 4.99. The Morgan fingerprint density at radius 1 is 1.12 bits per heavy atom. The minimum atomic E-state index is -0.0380. The number of thiazole rings is 1. The molecule has 122 valence electrons. The molecule has 5 heteroatoms. The molecule has 0 unspecified atom stereocenters. The topological polar surface area (TPSA) is 42.0 Å². The summed E-state index contributed by atoms with van der Waals surface area (Å²) in [6, 6.07) is 18.0. The van der Waals surface area contributed by atoms with Crippen molar-refractivity contribution in [2.75, 3.05) is 5.32 Å². The first-order chi connectivity index (χ1) is 11.6. The summed E-state index contributed by atoms with van der Waals surface area (Å²) in [7, 11) is 0. The fourth-order valence-corrected chi connectivity index (χ4v) is 3.88. The van der Waals surface area contributed by atoms with Crippen molar-refractivity contribution in [1.82, 2.24) is 4.98 Å². The van der Waals surface area contributed by atoms with Crippen LogP contribution in [0.3, 0.4) is 0 Å². The Bertz CT molecular complexity index is 846. The van der Waals surface area contributed by atoms with Gasteiger partial charge < -0.3 is 5.32 Å². The number of hydrogen-bond donors (Lipinski definition) is 1. The molecule has 24 heavy (non-hydrogen) atoms. The molecular formula is C19H17BrN2OS. The van der Waals surface area contributed by atoms with Crippen LogP contribution < -0.4 is 5.32 Å². The van der Waals surface area contributed by atoms with E-state index in [4.69, 9.17) is 0 Å². The van der Waals surface area contributed by atoms with Gasteiger partial charge in [0.2, 0.25) is 5.91 Å². The minimum Gasteiger partial charge on any atom is -0.302 e. The van der Waals surface area contributed by atoms with Crippen LogP contribution in [0.25, 0.3) is 0 Å². The van der Waals surface area contributed by atoms with Crippen molar-refractivity contribution in [1.29, 1.82) is 0 Å². The SMILES string of the molecule is Cc1nc(NC(=O)Cc2ccccc2)sc1Cc1cccc(Br)c1. The summed E-state index contributed by atoms with van der Waals surface area (Å²) in [5, 5.41) is 3.57. The maximum atomic E-state index is 12.2. The van der Waals surface area contributed by atoms with Crippen LogP contribution in [0.15, 0.2) is 59.1 Å². The number of nitrogens with zero attached hydrogens (tertiary/aromatic N) is 1. The maximum Gasteiger partial charge on any atom is 0.230 e. The first-order valence-electron chi connectivity index (χ1n) is 7.64. The number of aryl methyl sites for hydroxylation is 1. The normalized spacial score (nSPS) is 10.6. The lowest BCUT2D eigenvalue weighted by Crippen LogP contribution is -2.14. The zero-order valence-electron chi connectivity index (χ0n) is 13.3. The van der Waals surface area contributed by atoms with Crippen molar-refractivity contribution in [2.45, 2.75) is 19.8 Å². The fraction of sp³-hybridized carbons (Fsp3) is 0.158. The highest BCUT2D eigenvalue weighted by Crippen LogP contribution is 2.26. The van der Waals surface area contributed by atoms with E-state index >= 15 is 0 Å². The molecule has 0 bridgehead atoms. The van der Waals surface area contributed by atoms with E-state index in [1.54, 1.807) is 11.3 Å². The molecule has 0 aliphatic carbocycles. The van der Waals surface area contributed by atoms with Crippen molar-refractivity contribution in [2.24, 2.45) is 0 Å². The quantitative estimate of drug-likeness (QED) is 0.655. The van der Waals surface area contributed by atoms with Crippen LogP contribution in [0.5, 0.6) is 0 Å². The number of nitrogens with one attached hydrogen (secondary N) is 1. The summed E-state index contributed by atoms with van der Waals surface area (Å²) in [5.41, 5.74) is 3.19. The second-order valence-corrected chi connectivity index (χ2v) is 7.54. The number of carbonyl (C=O) groups is 1. The Kier molecular flexibility index (Phi) is 5.43. The summed E-state index contributed by atoms with van der Waals surface area (Å²) < 4.78 is 1.07. The highest BCUT2D eigenvalue weighted by Gasteiger charge is 2.11. The van der Waals surface area contributed by atoms with E-state index in [-0.39, 0.29) is 5.91 Å². The number of rotatable bonds is 5. The van der Waals surface area contributed by atoms with E-state index in [1.165, 1.54) is 10.4 Å². The van der Waals surface area contributed by atoms with E-state index in [0.29, 0.717) is 11.6 Å². The summed E-state index contributed by atoms with van der Waals surface area (Å²) in [4.78, 5) is 17.8. The van der Waals surface area contributed by atoms with E-state index in [0.717, 1.165) is 22.2 Å². The molecular weight excluding hydrogens is 384 g/mol. The largest absolute Gasteiger partial charge is 0.302 e. The van der Waals surface area contributed by atoms with Gasteiger partial charge in [0.05, 0.1) is 12.1 Å². The van der Waals surface area contributed by atoms with Crippen LogP contribution in [0, 0.1) is 6.92 Å². The molecule has 3 aromatic rings. The highest BCUT2D eigenvalue weighted by atomic mass is 79.9.